The molecule has 0 aromatic carbocycles. The van der Waals surface area contributed by atoms with Crippen molar-refractivity contribution in [3.63, 3.8) is 0 Å². The Morgan fingerprint density at radius 3 is 2.61 bits per heavy atom. The lowest BCUT2D eigenvalue weighted by Gasteiger charge is -2.24. The van der Waals surface area contributed by atoms with Crippen LogP contribution in [0.5, 0.6) is 5.88 Å². The fourth-order valence-electron chi connectivity index (χ4n) is 3.96. The van der Waals surface area contributed by atoms with Gasteiger partial charge in [-0.3, -0.25) is 9.59 Å². The Labute approximate surface area is 196 Å². The second-order valence-electron chi connectivity index (χ2n) is 9.30. The molecule has 0 saturated carbocycles. The fraction of sp³-hybridized carbons (Fsp3) is 0.667. The zero-order chi connectivity index (χ0) is 24.6. The summed E-state index contributed by atoms with van der Waals surface area (Å²) in [5.41, 5.74) is 0.301. The van der Waals surface area contributed by atoms with Gasteiger partial charge in [-0.15, -0.1) is 0 Å². The Hall–Kier alpha value is -2.84. The van der Waals surface area contributed by atoms with Crippen LogP contribution in [-0.2, 0) is 19.1 Å². The number of amides is 2. The van der Waals surface area contributed by atoms with Crippen LogP contribution in [0.2, 0.25) is 0 Å². The molecule has 2 rings (SSSR count). The molecule has 2 heterocycles. The van der Waals surface area contributed by atoms with E-state index in [4.69, 9.17) is 14.2 Å². The highest BCUT2D eigenvalue weighted by atomic mass is 16.6. The Morgan fingerprint density at radius 1 is 1.30 bits per heavy atom. The third-order valence-corrected chi connectivity index (χ3v) is 5.49. The van der Waals surface area contributed by atoms with E-state index in [1.54, 1.807) is 52.0 Å². The molecule has 184 valence electrons. The molecule has 1 fully saturated rings. The molecular weight excluding hydrogens is 426 g/mol. The van der Waals surface area contributed by atoms with Gasteiger partial charge in [-0.2, -0.15) is 0 Å². The minimum absolute atomic E-state index is 0.00333. The first-order valence-electron chi connectivity index (χ1n) is 11.5. The number of alkyl carbamates (subject to hydrolysis) is 1. The van der Waals surface area contributed by atoms with Gasteiger partial charge < -0.3 is 24.4 Å². The maximum Gasteiger partial charge on any atom is 0.408 e. The van der Waals surface area contributed by atoms with Crippen LogP contribution in [-0.4, -0.2) is 65.8 Å². The SMILES string of the molecule is CCOC(=O)C[C@H](CCCN1C(=O)[C@@H](NC(=O)OC(C)(C)C)C[C@H]1C)c1ccc(OC)nc1. The summed E-state index contributed by atoms with van der Waals surface area (Å²) in [7, 11) is 1.55. The van der Waals surface area contributed by atoms with Crippen molar-refractivity contribution in [3.05, 3.63) is 23.9 Å². The van der Waals surface area contributed by atoms with Crippen LogP contribution >= 0.6 is 0 Å². The second-order valence-corrected chi connectivity index (χ2v) is 9.30. The van der Waals surface area contributed by atoms with Crippen molar-refractivity contribution in [1.29, 1.82) is 0 Å². The topological polar surface area (TPSA) is 107 Å². The smallest absolute Gasteiger partial charge is 0.408 e. The maximum atomic E-state index is 12.9. The third-order valence-electron chi connectivity index (χ3n) is 5.49. The third kappa shape index (κ3) is 8.22. The number of carbonyl (C=O) groups is 3. The lowest BCUT2D eigenvalue weighted by molar-refractivity contribution is -0.143. The fourth-order valence-corrected chi connectivity index (χ4v) is 3.96. The number of nitrogens with one attached hydrogen (secondary N) is 1. The molecule has 9 nitrogen and oxygen atoms in total. The number of nitrogens with zero attached hydrogens (tertiary/aromatic N) is 2. The zero-order valence-electron chi connectivity index (χ0n) is 20.6. The minimum Gasteiger partial charge on any atom is -0.481 e. The minimum atomic E-state index is -0.624. The van der Waals surface area contributed by atoms with Crippen LogP contribution in [0.15, 0.2) is 18.3 Å². The van der Waals surface area contributed by atoms with Crippen LogP contribution in [0.3, 0.4) is 0 Å². The largest absolute Gasteiger partial charge is 0.481 e. The van der Waals surface area contributed by atoms with Crippen LogP contribution in [0, 0.1) is 0 Å². The number of rotatable bonds is 10. The van der Waals surface area contributed by atoms with Gasteiger partial charge in [0.05, 0.1) is 20.1 Å². The molecule has 1 aliphatic heterocycles. The molecule has 0 unspecified atom stereocenters. The summed E-state index contributed by atoms with van der Waals surface area (Å²) in [6, 6.07) is 3.09. The molecule has 1 saturated heterocycles. The van der Waals surface area contributed by atoms with Crippen molar-refractivity contribution in [3.8, 4) is 5.88 Å². The number of hydrogen-bond donors (Lipinski definition) is 1. The number of likely N-dealkylation sites (tertiary alicyclic amines) is 1. The van der Waals surface area contributed by atoms with E-state index in [-0.39, 0.29) is 30.3 Å². The Morgan fingerprint density at radius 2 is 2.03 bits per heavy atom. The lowest BCUT2D eigenvalue weighted by atomic mass is 9.92. The first kappa shape index (κ1) is 26.4. The molecule has 0 spiro atoms. The average molecular weight is 464 g/mol. The predicted octanol–water partition coefficient (Wildman–Crippen LogP) is 3.42. The monoisotopic (exact) mass is 463 g/mol. The van der Waals surface area contributed by atoms with Crippen molar-refractivity contribution in [2.45, 2.75) is 83.9 Å². The van der Waals surface area contributed by atoms with Crippen LogP contribution in [0.25, 0.3) is 0 Å². The molecule has 0 bridgehead atoms. The van der Waals surface area contributed by atoms with E-state index in [0.717, 1.165) is 5.56 Å². The zero-order valence-corrected chi connectivity index (χ0v) is 20.6. The molecule has 0 radical (unpaired) electrons. The molecule has 0 aliphatic carbocycles. The molecule has 1 aliphatic rings. The molecular formula is C24H37N3O6. The molecule has 1 aromatic rings. The predicted molar refractivity (Wildman–Crippen MR) is 123 cm³/mol. The molecule has 1 N–H and O–H groups in total. The average Bonchev–Trinajstić information content (AvgIpc) is 2.99. The summed E-state index contributed by atoms with van der Waals surface area (Å²) in [4.78, 5) is 43.1. The normalized spacial score (nSPS) is 19.2. The van der Waals surface area contributed by atoms with Crippen molar-refractivity contribution in [2.24, 2.45) is 0 Å². The Balaban J connectivity index is 1.96. The van der Waals surface area contributed by atoms with Gasteiger partial charge in [-0.25, -0.2) is 9.78 Å². The van der Waals surface area contributed by atoms with E-state index >= 15 is 0 Å². The van der Waals surface area contributed by atoms with Gasteiger partial charge in [0, 0.05) is 24.8 Å². The highest BCUT2D eigenvalue weighted by Gasteiger charge is 2.38. The summed E-state index contributed by atoms with van der Waals surface area (Å²) in [5.74, 6) is 0.0618. The quantitative estimate of drug-likeness (QED) is 0.530. The summed E-state index contributed by atoms with van der Waals surface area (Å²) < 4.78 is 15.5. The number of esters is 1. The number of methoxy groups -OCH3 is 1. The molecule has 1 aromatic heterocycles. The van der Waals surface area contributed by atoms with Gasteiger partial charge in [-0.05, 0) is 65.4 Å². The van der Waals surface area contributed by atoms with Crippen molar-refractivity contribution < 1.29 is 28.6 Å². The summed E-state index contributed by atoms with van der Waals surface area (Å²) in [5, 5.41) is 2.69. The van der Waals surface area contributed by atoms with E-state index in [0.29, 0.717) is 38.3 Å². The number of hydrogen-bond acceptors (Lipinski definition) is 7. The Bertz CT molecular complexity index is 805. The van der Waals surface area contributed by atoms with Crippen LogP contribution < -0.4 is 10.1 Å². The van der Waals surface area contributed by atoms with Gasteiger partial charge in [0.2, 0.25) is 11.8 Å². The van der Waals surface area contributed by atoms with Gasteiger partial charge in [0.1, 0.15) is 11.6 Å². The first-order valence-corrected chi connectivity index (χ1v) is 11.5. The Kier molecular flexibility index (Phi) is 9.49. The molecule has 9 heteroatoms. The van der Waals surface area contributed by atoms with E-state index in [1.165, 1.54) is 0 Å². The van der Waals surface area contributed by atoms with Crippen molar-refractivity contribution >= 4 is 18.0 Å². The summed E-state index contributed by atoms with van der Waals surface area (Å²) >= 11 is 0. The van der Waals surface area contributed by atoms with Crippen molar-refractivity contribution in [2.75, 3.05) is 20.3 Å². The first-order chi connectivity index (χ1) is 15.5. The van der Waals surface area contributed by atoms with Crippen LogP contribution in [0.4, 0.5) is 4.79 Å². The lowest BCUT2D eigenvalue weighted by Crippen LogP contribution is -2.44. The molecule has 3 atom stereocenters. The van der Waals surface area contributed by atoms with E-state index in [2.05, 4.69) is 10.3 Å². The van der Waals surface area contributed by atoms with E-state index < -0.39 is 17.7 Å². The van der Waals surface area contributed by atoms with E-state index in [1.807, 2.05) is 13.0 Å². The molecule has 2 amide bonds. The summed E-state index contributed by atoms with van der Waals surface area (Å²) in [6.45, 7) is 9.96. The second kappa shape index (κ2) is 11.9. The van der Waals surface area contributed by atoms with Gasteiger partial charge in [0.25, 0.3) is 0 Å². The molecule has 33 heavy (non-hydrogen) atoms. The van der Waals surface area contributed by atoms with E-state index in [9.17, 15) is 14.4 Å². The standard InChI is InChI=1S/C24H37N3O6/c1-7-32-21(28)14-17(18-10-11-20(31-6)25-15-18)9-8-12-27-16(2)13-19(22(27)29)26-23(30)33-24(3,4)5/h10-11,15-17,19H,7-9,12-14H2,1-6H3,(H,26,30)/t16-,17+,19+/m1/s1. The highest BCUT2D eigenvalue weighted by Crippen LogP contribution is 2.28. The van der Waals surface area contributed by atoms with Crippen molar-refractivity contribution in [1.82, 2.24) is 15.2 Å². The van der Waals surface area contributed by atoms with Gasteiger partial charge in [0.15, 0.2) is 0 Å². The number of ether oxygens (including phenoxy) is 3. The number of aromatic nitrogens is 1. The van der Waals surface area contributed by atoms with Gasteiger partial charge >= 0.3 is 12.1 Å². The number of carbonyl (C=O) groups excluding carboxylic acids is 3. The van der Waals surface area contributed by atoms with Gasteiger partial charge in [-0.1, -0.05) is 6.07 Å². The number of pyridine rings is 1. The maximum absolute atomic E-state index is 12.9. The summed E-state index contributed by atoms with van der Waals surface area (Å²) in [6.07, 6.45) is 3.30. The van der Waals surface area contributed by atoms with Crippen LogP contribution in [0.1, 0.15) is 71.8 Å². The highest BCUT2D eigenvalue weighted by molar-refractivity contribution is 5.88.